The lowest BCUT2D eigenvalue weighted by molar-refractivity contribution is 0.0661. The normalized spacial score (nSPS) is 20.2. The van der Waals surface area contributed by atoms with Gasteiger partial charge in [0.2, 0.25) is 0 Å². The number of benzene rings is 1. The number of likely N-dealkylation sites (tertiary alicyclic amines) is 1. The summed E-state index contributed by atoms with van der Waals surface area (Å²) in [4.78, 5) is 14.4. The van der Waals surface area contributed by atoms with Crippen LogP contribution in [-0.4, -0.2) is 29.9 Å². The summed E-state index contributed by atoms with van der Waals surface area (Å²) in [6.45, 7) is 5.53. The molecule has 1 amide bonds. The Morgan fingerprint density at radius 3 is 2.75 bits per heavy atom. The molecule has 2 N–H and O–H groups in total. The highest BCUT2D eigenvalue weighted by Gasteiger charge is 2.26. The third kappa shape index (κ3) is 4.11. The molecule has 3 nitrogen and oxygen atoms in total. The molecule has 0 saturated carbocycles. The molecule has 20 heavy (non-hydrogen) atoms. The van der Waals surface area contributed by atoms with Crippen molar-refractivity contribution in [3.8, 4) is 0 Å². The molecule has 0 radical (unpaired) electrons. The van der Waals surface area contributed by atoms with Gasteiger partial charge in [0.1, 0.15) is 0 Å². The maximum atomic E-state index is 12.5. The Kier molecular flexibility index (Phi) is 6.31. The Bertz CT molecular complexity index is 457. The molecule has 112 valence electrons. The van der Waals surface area contributed by atoms with Crippen LogP contribution in [0.25, 0.3) is 0 Å². The van der Waals surface area contributed by atoms with Crippen LogP contribution in [0.5, 0.6) is 0 Å². The molecule has 1 aliphatic heterocycles. The molecule has 0 aromatic heterocycles. The zero-order valence-corrected chi connectivity index (χ0v) is 13.5. The molecule has 0 aliphatic carbocycles. The molecule has 1 aliphatic rings. The fourth-order valence-electron chi connectivity index (χ4n) is 2.67. The molecule has 1 aromatic carbocycles. The van der Waals surface area contributed by atoms with Crippen LogP contribution in [0.15, 0.2) is 18.2 Å². The van der Waals surface area contributed by atoms with Crippen molar-refractivity contribution in [1.29, 1.82) is 0 Å². The van der Waals surface area contributed by atoms with Crippen molar-refractivity contribution in [2.24, 2.45) is 11.7 Å². The average Bonchev–Trinajstić information content (AvgIpc) is 2.37. The summed E-state index contributed by atoms with van der Waals surface area (Å²) < 4.78 is 0. The van der Waals surface area contributed by atoms with Crippen molar-refractivity contribution in [3.05, 3.63) is 34.3 Å². The second-order valence-electron chi connectivity index (χ2n) is 5.53. The van der Waals surface area contributed by atoms with Gasteiger partial charge in [-0.05, 0) is 56.4 Å². The Hall–Kier alpha value is -0.770. The molecule has 1 saturated heterocycles. The first-order valence-corrected chi connectivity index (χ1v) is 7.17. The Balaban J connectivity index is 0.00000200. The molecule has 2 unspecified atom stereocenters. The highest BCUT2D eigenvalue weighted by atomic mass is 35.5. The van der Waals surface area contributed by atoms with Gasteiger partial charge in [-0.2, -0.15) is 0 Å². The fourth-order valence-corrected chi connectivity index (χ4v) is 2.96. The molecule has 0 spiro atoms. The Morgan fingerprint density at radius 2 is 2.15 bits per heavy atom. The van der Waals surface area contributed by atoms with Gasteiger partial charge in [0.25, 0.3) is 5.91 Å². The SMILES string of the molecule is Cc1cc(Cl)cc(C(=O)N2CCCC(C(C)N)C2)c1.Cl. The molecular formula is C15H22Cl2N2O. The van der Waals surface area contributed by atoms with Crippen LogP contribution in [0.1, 0.15) is 35.7 Å². The van der Waals surface area contributed by atoms with E-state index >= 15 is 0 Å². The van der Waals surface area contributed by atoms with E-state index in [0.29, 0.717) is 16.5 Å². The molecule has 5 heteroatoms. The summed E-state index contributed by atoms with van der Waals surface area (Å²) in [5.74, 6) is 0.467. The molecule has 0 bridgehead atoms. The van der Waals surface area contributed by atoms with Gasteiger partial charge >= 0.3 is 0 Å². The lowest BCUT2D eigenvalue weighted by atomic mass is 9.92. The monoisotopic (exact) mass is 316 g/mol. The molecular weight excluding hydrogens is 295 g/mol. The number of nitrogens with zero attached hydrogens (tertiary/aromatic N) is 1. The molecule has 1 fully saturated rings. The van der Waals surface area contributed by atoms with Gasteiger partial charge in [0, 0.05) is 29.7 Å². The number of aryl methyl sites for hydroxylation is 1. The van der Waals surface area contributed by atoms with Gasteiger partial charge in [0.05, 0.1) is 0 Å². The largest absolute Gasteiger partial charge is 0.338 e. The van der Waals surface area contributed by atoms with E-state index in [-0.39, 0.29) is 24.4 Å². The van der Waals surface area contributed by atoms with Crippen LogP contribution in [0.2, 0.25) is 5.02 Å². The number of hydrogen-bond acceptors (Lipinski definition) is 2. The topological polar surface area (TPSA) is 46.3 Å². The van der Waals surface area contributed by atoms with Crippen LogP contribution in [0.3, 0.4) is 0 Å². The van der Waals surface area contributed by atoms with Gasteiger partial charge < -0.3 is 10.6 Å². The summed E-state index contributed by atoms with van der Waals surface area (Å²) in [5.41, 5.74) is 7.64. The van der Waals surface area contributed by atoms with E-state index in [9.17, 15) is 4.79 Å². The van der Waals surface area contributed by atoms with Crippen molar-refractivity contribution in [3.63, 3.8) is 0 Å². The van der Waals surface area contributed by atoms with Crippen LogP contribution in [0, 0.1) is 12.8 Å². The third-order valence-corrected chi connectivity index (χ3v) is 4.00. The maximum Gasteiger partial charge on any atom is 0.253 e. The van der Waals surface area contributed by atoms with E-state index in [0.717, 1.165) is 31.5 Å². The number of halogens is 2. The zero-order chi connectivity index (χ0) is 14.0. The second-order valence-corrected chi connectivity index (χ2v) is 5.97. The zero-order valence-electron chi connectivity index (χ0n) is 11.9. The first kappa shape index (κ1) is 17.3. The summed E-state index contributed by atoms with van der Waals surface area (Å²) in [7, 11) is 0. The van der Waals surface area contributed by atoms with E-state index in [4.69, 9.17) is 17.3 Å². The molecule has 1 heterocycles. The number of nitrogens with two attached hydrogens (primary N) is 1. The standard InChI is InChI=1S/C15H21ClN2O.ClH/c1-10-6-13(8-14(16)7-10)15(19)18-5-3-4-12(9-18)11(2)17;/h6-8,11-12H,3-5,9,17H2,1-2H3;1H. The highest BCUT2D eigenvalue weighted by Crippen LogP contribution is 2.22. The molecule has 1 aromatic rings. The Labute approximate surface area is 131 Å². The number of rotatable bonds is 2. The van der Waals surface area contributed by atoms with Gasteiger partial charge in [-0.1, -0.05) is 11.6 Å². The van der Waals surface area contributed by atoms with Crippen molar-refractivity contribution in [1.82, 2.24) is 4.90 Å². The number of amides is 1. The minimum atomic E-state index is 0. The van der Waals surface area contributed by atoms with E-state index in [2.05, 4.69) is 0 Å². The molecule has 2 atom stereocenters. The fraction of sp³-hybridized carbons (Fsp3) is 0.533. The lowest BCUT2D eigenvalue weighted by Crippen LogP contribution is -2.45. The number of piperidine rings is 1. The molecule has 2 rings (SSSR count). The van der Waals surface area contributed by atoms with Crippen LogP contribution < -0.4 is 5.73 Å². The summed E-state index contributed by atoms with van der Waals surface area (Å²) in [6, 6.07) is 5.63. The Morgan fingerprint density at radius 1 is 1.45 bits per heavy atom. The van der Waals surface area contributed by atoms with Crippen molar-refractivity contribution >= 4 is 29.9 Å². The lowest BCUT2D eigenvalue weighted by Gasteiger charge is -2.34. The summed E-state index contributed by atoms with van der Waals surface area (Å²) in [6.07, 6.45) is 2.13. The van der Waals surface area contributed by atoms with Crippen molar-refractivity contribution < 1.29 is 4.79 Å². The van der Waals surface area contributed by atoms with Gasteiger partial charge in [-0.3, -0.25) is 4.79 Å². The minimum absolute atomic E-state index is 0. The van der Waals surface area contributed by atoms with Gasteiger partial charge in [-0.15, -0.1) is 12.4 Å². The van der Waals surface area contributed by atoms with E-state index in [1.807, 2.05) is 30.9 Å². The van der Waals surface area contributed by atoms with Gasteiger partial charge in [-0.25, -0.2) is 0 Å². The number of hydrogen-bond donors (Lipinski definition) is 1. The number of carbonyl (C=O) groups is 1. The van der Waals surface area contributed by atoms with E-state index < -0.39 is 0 Å². The maximum absolute atomic E-state index is 12.5. The highest BCUT2D eigenvalue weighted by molar-refractivity contribution is 6.31. The van der Waals surface area contributed by atoms with Crippen LogP contribution in [0.4, 0.5) is 0 Å². The predicted octanol–water partition coefficient (Wildman–Crippen LogP) is 3.27. The third-order valence-electron chi connectivity index (χ3n) is 3.78. The quantitative estimate of drug-likeness (QED) is 0.910. The predicted molar refractivity (Wildman–Crippen MR) is 85.7 cm³/mol. The average molecular weight is 317 g/mol. The first-order chi connectivity index (χ1) is 8.97. The van der Waals surface area contributed by atoms with Crippen LogP contribution >= 0.6 is 24.0 Å². The van der Waals surface area contributed by atoms with E-state index in [1.54, 1.807) is 6.07 Å². The van der Waals surface area contributed by atoms with Gasteiger partial charge in [0.15, 0.2) is 0 Å². The smallest absolute Gasteiger partial charge is 0.253 e. The van der Waals surface area contributed by atoms with Crippen LogP contribution in [-0.2, 0) is 0 Å². The first-order valence-electron chi connectivity index (χ1n) is 6.79. The van der Waals surface area contributed by atoms with Crippen molar-refractivity contribution in [2.45, 2.75) is 32.7 Å². The van der Waals surface area contributed by atoms with E-state index in [1.165, 1.54) is 0 Å². The summed E-state index contributed by atoms with van der Waals surface area (Å²) in [5, 5.41) is 0.615. The number of carbonyl (C=O) groups excluding carboxylic acids is 1. The second kappa shape index (κ2) is 7.30. The minimum Gasteiger partial charge on any atom is -0.338 e. The van der Waals surface area contributed by atoms with Crippen molar-refractivity contribution in [2.75, 3.05) is 13.1 Å². The summed E-state index contributed by atoms with van der Waals surface area (Å²) >= 11 is 6.02.